The molecule has 21 heavy (non-hydrogen) atoms. The van der Waals surface area contributed by atoms with Gasteiger partial charge in [-0.2, -0.15) is 4.31 Å². The first kappa shape index (κ1) is 15.5. The van der Waals surface area contributed by atoms with Crippen LogP contribution >= 0.6 is 0 Å². The molecule has 2 rings (SSSR count). The number of amidine groups is 1. The Balaban J connectivity index is 2.25. The minimum absolute atomic E-state index is 0.185. The van der Waals surface area contributed by atoms with E-state index in [1.165, 1.54) is 22.7 Å². The van der Waals surface area contributed by atoms with Gasteiger partial charge in [0.05, 0.1) is 6.26 Å². The Labute approximate surface area is 122 Å². The first-order valence-electron chi connectivity index (χ1n) is 6.30. The van der Waals surface area contributed by atoms with Crippen LogP contribution in [0, 0.1) is 5.82 Å². The quantitative estimate of drug-likeness (QED) is 0.354. The van der Waals surface area contributed by atoms with Crippen molar-refractivity contribution in [3.8, 4) is 0 Å². The fraction of sp³-hybridized carbons (Fsp3) is 0.417. The summed E-state index contributed by atoms with van der Waals surface area (Å²) in [5.41, 5.74) is 6.46. The van der Waals surface area contributed by atoms with Crippen LogP contribution in [-0.2, 0) is 10.0 Å². The molecule has 0 unspecified atom stereocenters. The standard InChI is InChI=1S/C12H17FN4O3S/c1-21(19,20)17-6-4-16(5-7-17)11-3-2-9(13)8-10(11)12(14)15-18/h2-3,8,18H,4-7H2,1H3,(H2,14,15). The van der Waals surface area contributed by atoms with Gasteiger partial charge in [-0.25, -0.2) is 12.8 Å². The van der Waals surface area contributed by atoms with Crippen LogP contribution in [0.1, 0.15) is 5.56 Å². The van der Waals surface area contributed by atoms with Gasteiger partial charge in [-0.15, -0.1) is 0 Å². The highest BCUT2D eigenvalue weighted by Crippen LogP contribution is 2.23. The first-order valence-corrected chi connectivity index (χ1v) is 8.15. The Morgan fingerprint density at radius 2 is 1.95 bits per heavy atom. The number of hydrogen-bond donors (Lipinski definition) is 2. The van der Waals surface area contributed by atoms with E-state index < -0.39 is 15.8 Å². The first-order chi connectivity index (χ1) is 9.82. The number of sulfonamides is 1. The molecular formula is C12H17FN4O3S. The number of halogens is 1. The maximum Gasteiger partial charge on any atom is 0.211 e. The summed E-state index contributed by atoms with van der Waals surface area (Å²) in [7, 11) is -3.21. The van der Waals surface area contributed by atoms with Crippen LogP contribution in [-0.4, -0.2) is 56.2 Å². The van der Waals surface area contributed by atoms with Gasteiger partial charge in [0.2, 0.25) is 10.0 Å². The molecule has 1 heterocycles. The van der Waals surface area contributed by atoms with Crippen LogP contribution in [0.4, 0.5) is 10.1 Å². The number of oxime groups is 1. The van der Waals surface area contributed by atoms with Gasteiger partial charge in [0, 0.05) is 37.4 Å². The largest absolute Gasteiger partial charge is 0.409 e. The fourth-order valence-electron chi connectivity index (χ4n) is 2.30. The molecule has 0 amide bonds. The molecule has 0 atom stereocenters. The molecule has 1 aromatic carbocycles. The molecule has 0 saturated carbocycles. The number of nitrogens with zero attached hydrogens (tertiary/aromatic N) is 3. The second-order valence-electron chi connectivity index (χ2n) is 4.80. The molecule has 1 aromatic rings. The van der Waals surface area contributed by atoms with Crippen molar-refractivity contribution in [3.05, 3.63) is 29.6 Å². The third-order valence-electron chi connectivity index (χ3n) is 3.39. The Bertz CT molecular complexity index is 654. The molecule has 1 fully saturated rings. The molecule has 0 spiro atoms. The Kier molecular flexibility index (Phi) is 4.33. The van der Waals surface area contributed by atoms with Gasteiger partial charge in [0.25, 0.3) is 0 Å². The summed E-state index contributed by atoms with van der Waals surface area (Å²) in [5.74, 6) is -0.676. The SMILES string of the molecule is CS(=O)(=O)N1CCN(c2ccc(F)cc2C(N)=NO)CC1. The minimum Gasteiger partial charge on any atom is -0.409 e. The van der Waals surface area contributed by atoms with Crippen LogP contribution in [0.15, 0.2) is 23.4 Å². The normalized spacial score (nSPS) is 18.0. The van der Waals surface area contributed by atoms with E-state index in [1.54, 1.807) is 6.07 Å². The second kappa shape index (κ2) is 5.86. The van der Waals surface area contributed by atoms with E-state index in [0.29, 0.717) is 31.9 Å². The van der Waals surface area contributed by atoms with E-state index in [2.05, 4.69) is 5.16 Å². The van der Waals surface area contributed by atoms with Gasteiger partial charge in [-0.1, -0.05) is 5.16 Å². The molecule has 1 saturated heterocycles. The lowest BCUT2D eigenvalue weighted by Gasteiger charge is -2.35. The van der Waals surface area contributed by atoms with E-state index in [9.17, 15) is 12.8 Å². The van der Waals surface area contributed by atoms with Gasteiger partial charge >= 0.3 is 0 Å². The summed E-state index contributed by atoms with van der Waals surface area (Å²) >= 11 is 0. The number of hydrogen-bond acceptors (Lipinski definition) is 5. The van der Waals surface area contributed by atoms with Crippen molar-refractivity contribution in [2.45, 2.75) is 0 Å². The van der Waals surface area contributed by atoms with Crippen molar-refractivity contribution in [3.63, 3.8) is 0 Å². The molecule has 9 heteroatoms. The summed E-state index contributed by atoms with van der Waals surface area (Å²) in [6.45, 7) is 1.58. The highest BCUT2D eigenvalue weighted by atomic mass is 32.2. The lowest BCUT2D eigenvalue weighted by Crippen LogP contribution is -2.48. The third kappa shape index (κ3) is 3.42. The van der Waals surface area contributed by atoms with Gasteiger partial charge in [0.1, 0.15) is 5.82 Å². The van der Waals surface area contributed by atoms with Crippen molar-refractivity contribution in [1.29, 1.82) is 0 Å². The smallest absolute Gasteiger partial charge is 0.211 e. The van der Waals surface area contributed by atoms with Crippen LogP contribution in [0.2, 0.25) is 0 Å². The number of rotatable bonds is 3. The van der Waals surface area contributed by atoms with E-state index >= 15 is 0 Å². The number of benzene rings is 1. The summed E-state index contributed by atoms with van der Waals surface area (Å²) in [6, 6.07) is 4.01. The van der Waals surface area contributed by atoms with Gasteiger partial charge in [0.15, 0.2) is 5.84 Å². The van der Waals surface area contributed by atoms with E-state index in [0.717, 1.165) is 0 Å². The van der Waals surface area contributed by atoms with Crippen molar-refractivity contribution < 1.29 is 18.0 Å². The molecule has 3 N–H and O–H groups in total. The molecule has 0 aliphatic carbocycles. The average Bonchev–Trinajstić information content (AvgIpc) is 2.45. The molecule has 7 nitrogen and oxygen atoms in total. The highest BCUT2D eigenvalue weighted by Gasteiger charge is 2.25. The highest BCUT2D eigenvalue weighted by molar-refractivity contribution is 7.88. The monoisotopic (exact) mass is 316 g/mol. The van der Waals surface area contributed by atoms with Crippen molar-refractivity contribution >= 4 is 21.5 Å². The topological polar surface area (TPSA) is 99.2 Å². The summed E-state index contributed by atoms with van der Waals surface area (Å²) < 4.78 is 37.7. The van der Waals surface area contributed by atoms with Crippen molar-refractivity contribution in [1.82, 2.24) is 4.31 Å². The van der Waals surface area contributed by atoms with Crippen LogP contribution < -0.4 is 10.6 Å². The van der Waals surface area contributed by atoms with Gasteiger partial charge in [-0.3, -0.25) is 0 Å². The third-order valence-corrected chi connectivity index (χ3v) is 4.69. The van der Waals surface area contributed by atoms with Crippen LogP contribution in [0.5, 0.6) is 0 Å². The Morgan fingerprint density at radius 1 is 1.33 bits per heavy atom. The zero-order chi connectivity index (χ0) is 15.6. The molecule has 0 radical (unpaired) electrons. The number of anilines is 1. The van der Waals surface area contributed by atoms with Crippen molar-refractivity contribution in [2.75, 3.05) is 37.3 Å². The van der Waals surface area contributed by atoms with Crippen molar-refractivity contribution in [2.24, 2.45) is 10.9 Å². The molecule has 0 bridgehead atoms. The molecule has 116 valence electrons. The predicted molar refractivity (Wildman–Crippen MR) is 77.5 cm³/mol. The number of nitrogens with two attached hydrogens (primary N) is 1. The lowest BCUT2D eigenvalue weighted by molar-refractivity contribution is 0.318. The van der Waals surface area contributed by atoms with E-state index in [-0.39, 0.29) is 11.4 Å². The minimum atomic E-state index is -3.21. The zero-order valence-corrected chi connectivity index (χ0v) is 12.3. The summed E-state index contributed by atoms with van der Waals surface area (Å²) in [6.07, 6.45) is 1.17. The maximum absolute atomic E-state index is 13.3. The molecule has 0 aromatic heterocycles. The molecular weight excluding hydrogens is 299 g/mol. The van der Waals surface area contributed by atoms with Crippen LogP contribution in [0.25, 0.3) is 0 Å². The predicted octanol–water partition coefficient (Wildman–Crippen LogP) is 0.00180. The average molecular weight is 316 g/mol. The van der Waals surface area contributed by atoms with Gasteiger partial charge < -0.3 is 15.8 Å². The summed E-state index contributed by atoms with van der Waals surface area (Å²) in [5, 5.41) is 11.7. The lowest BCUT2D eigenvalue weighted by atomic mass is 10.1. The Morgan fingerprint density at radius 3 is 2.48 bits per heavy atom. The second-order valence-corrected chi connectivity index (χ2v) is 6.78. The molecule has 1 aliphatic heterocycles. The number of piperazine rings is 1. The Hall–Kier alpha value is -1.87. The molecule has 1 aliphatic rings. The zero-order valence-electron chi connectivity index (χ0n) is 11.5. The maximum atomic E-state index is 13.3. The summed E-state index contributed by atoms with van der Waals surface area (Å²) in [4.78, 5) is 1.88. The fourth-order valence-corrected chi connectivity index (χ4v) is 3.13. The van der Waals surface area contributed by atoms with E-state index in [1.807, 2.05) is 4.90 Å². The van der Waals surface area contributed by atoms with Gasteiger partial charge in [-0.05, 0) is 18.2 Å². The van der Waals surface area contributed by atoms with Crippen LogP contribution in [0.3, 0.4) is 0 Å². The van der Waals surface area contributed by atoms with E-state index in [4.69, 9.17) is 10.9 Å².